The van der Waals surface area contributed by atoms with Crippen LogP contribution in [0, 0.1) is 5.82 Å². The van der Waals surface area contributed by atoms with E-state index in [1.807, 2.05) is 18.2 Å². The molecule has 3 aromatic carbocycles. The minimum absolute atomic E-state index is 0.0197. The molecule has 0 unspecified atom stereocenters. The molecule has 1 atom stereocenters. The van der Waals surface area contributed by atoms with Gasteiger partial charge in [-0.05, 0) is 60.7 Å². The Labute approximate surface area is 227 Å². The lowest BCUT2D eigenvalue weighted by Crippen LogP contribution is -2.48. The number of nitrogens with one attached hydrogen (secondary N) is 1. The summed E-state index contributed by atoms with van der Waals surface area (Å²) in [5.41, 5.74) is 1.60. The number of rotatable bonds is 9. The first-order valence-corrected chi connectivity index (χ1v) is 14.5. The lowest BCUT2D eigenvalue weighted by atomic mass is 10.1. The minimum atomic E-state index is -4.12. The molecule has 4 aromatic rings. The average Bonchev–Trinajstić information content (AvgIpc) is 3.16. The van der Waals surface area contributed by atoms with Crippen molar-refractivity contribution in [2.24, 2.45) is 0 Å². The first kappa shape index (κ1) is 26.8. The van der Waals surface area contributed by atoms with Gasteiger partial charge in [0.2, 0.25) is 15.9 Å². The van der Waals surface area contributed by atoms with Crippen molar-refractivity contribution in [3.63, 3.8) is 0 Å². The van der Waals surface area contributed by atoms with Crippen LogP contribution in [-0.4, -0.2) is 42.8 Å². The zero-order chi connectivity index (χ0) is 27.2. The van der Waals surface area contributed by atoms with Crippen LogP contribution in [0.2, 0.25) is 0 Å². The van der Waals surface area contributed by atoms with E-state index >= 15 is 0 Å². The number of ether oxygens (including phenoxy) is 1. The van der Waals surface area contributed by atoms with Gasteiger partial charge < -0.3 is 10.1 Å². The molecule has 1 aliphatic heterocycles. The number of amides is 1. The van der Waals surface area contributed by atoms with Crippen LogP contribution >= 0.6 is 0 Å². The topological polar surface area (TPSA) is 88.6 Å². The molecule has 0 spiro atoms. The Morgan fingerprint density at radius 3 is 2.69 bits per heavy atom. The number of nitrogens with zero attached hydrogens (tertiary/aromatic N) is 2. The minimum Gasteiger partial charge on any atom is -0.493 e. The fraction of sp³-hybridized carbons (Fsp3) is 0.267. The second-order valence-electron chi connectivity index (χ2n) is 9.52. The van der Waals surface area contributed by atoms with E-state index in [2.05, 4.69) is 10.3 Å². The maximum atomic E-state index is 14.2. The highest BCUT2D eigenvalue weighted by atomic mass is 32.2. The first-order valence-electron chi connectivity index (χ1n) is 13.0. The zero-order valence-corrected chi connectivity index (χ0v) is 22.2. The van der Waals surface area contributed by atoms with Gasteiger partial charge >= 0.3 is 0 Å². The van der Waals surface area contributed by atoms with Crippen molar-refractivity contribution in [2.75, 3.05) is 13.2 Å². The van der Waals surface area contributed by atoms with Gasteiger partial charge in [0.15, 0.2) is 0 Å². The van der Waals surface area contributed by atoms with Crippen LogP contribution in [0.5, 0.6) is 5.75 Å². The van der Waals surface area contributed by atoms with Crippen LogP contribution < -0.4 is 10.1 Å². The number of pyridine rings is 1. The summed E-state index contributed by atoms with van der Waals surface area (Å²) in [5, 5.41) is 3.57. The number of aromatic nitrogens is 1. The van der Waals surface area contributed by atoms with Crippen molar-refractivity contribution >= 4 is 26.8 Å². The van der Waals surface area contributed by atoms with Gasteiger partial charge in [-0.1, -0.05) is 48.5 Å². The Morgan fingerprint density at radius 1 is 1.00 bits per heavy atom. The van der Waals surface area contributed by atoms with E-state index in [0.717, 1.165) is 12.8 Å². The van der Waals surface area contributed by atoms with Gasteiger partial charge in [-0.3, -0.25) is 9.78 Å². The fourth-order valence-corrected chi connectivity index (χ4v) is 6.64. The Balaban J connectivity index is 1.44. The Morgan fingerprint density at radius 2 is 1.82 bits per heavy atom. The molecule has 0 aliphatic carbocycles. The third-order valence-corrected chi connectivity index (χ3v) is 8.76. The molecule has 1 saturated heterocycles. The molecule has 0 radical (unpaired) electrons. The largest absolute Gasteiger partial charge is 0.493 e. The Bertz CT molecular complexity index is 1570. The normalized spacial score (nSPS) is 16.2. The second kappa shape index (κ2) is 11.9. The van der Waals surface area contributed by atoms with Gasteiger partial charge in [0, 0.05) is 31.1 Å². The highest BCUT2D eigenvalue weighted by Gasteiger charge is 2.37. The number of benzene rings is 3. The van der Waals surface area contributed by atoms with Gasteiger partial charge in [0.25, 0.3) is 0 Å². The van der Waals surface area contributed by atoms with Gasteiger partial charge in [0.1, 0.15) is 22.5 Å². The molecular weight excluding hydrogens is 517 g/mol. The smallest absolute Gasteiger partial charge is 0.246 e. The molecule has 1 N–H and O–H groups in total. The van der Waals surface area contributed by atoms with Gasteiger partial charge in [0.05, 0.1) is 12.1 Å². The highest BCUT2D eigenvalue weighted by Crippen LogP contribution is 2.29. The van der Waals surface area contributed by atoms with Crippen LogP contribution in [0.15, 0.2) is 90.0 Å². The zero-order valence-electron chi connectivity index (χ0n) is 21.4. The van der Waals surface area contributed by atoms with Crippen molar-refractivity contribution < 1.29 is 22.3 Å². The molecule has 2 heterocycles. The number of halogens is 1. The van der Waals surface area contributed by atoms with Gasteiger partial charge in [-0.15, -0.1) is 0 Å². The Kier molecular flexibility index (Phi) is 8.18. The van der Waals surface area contributed by atoms with Crippen molar-refractivity contribution in [2.45, 2.75) is 43.2 Å². The summed E-state index contributed by atoms with van der Waals surface area (Å²) < 4.78 is 49.5. The molecule has 1 amide bonds. The van der Waals surface area contributed by atoms with Crippen molar-refractivity contribution in [3.05, 3.63) is 102 Å². The number of fused-ring (bicyclic) bond motifs is 1. The quantitative estimate of drug-likeness (QED) is 0.324. The summed E-state index contributed by atoms with van der Waals surface area (Å²) in [7, 11) is -4.12. The van der Waals surface area contributed by atoms with E-state index in [-0.39, 0.29) is 29.8 Å². The number of hydrogen-bond acceptors (Lipinski definition) is 5. The van der Waals surface area contributed by atoms with Gasteiger partial charge in [-0.2, -0.15) is 4.31 Å². The second-order valence-corrected chi connectivity index (χ2v) is 11.4. The summed E-state index contributed by atoms with van der Waals surface area (Å²) in [5.74, 6) is -0.0415. The van der Waals surface area contributed by atoms with E-state index < -0.39 is 16.1 Å². The van der Waals surface area contributed by atoms with Crippen LogP contribution in [0.25, 0.3) is 10.9 Å². The summed E-state index contributed by atoms with van der Waals surface area (Å²) in [6.07, 6.45) is 3.89. The number of carbonyl (C=O) groups excluding carboxylic acids is 1. The van der Waals surface area contributed by atoms with E-state index in [9.17, 15) is 17.6 Å². The van der Waals surface area contributed by atoms with Crippen LogP contribution in [0.4, 0.5) is 4.39 Å². The number of hydrogen-bond donors (Lipinski definition) is 1. The standard InChI is InChI=1S/C30H30FN3O4S/c31-26-13-2-1-9-23(26)16-19-38-25-12-5-8-22(20-25)21-34(27-14-3-4-17-33-30(27)35)39(36,37)28-15-6-10-24-11-7-18-32-29(24)28/h1-2,5-13,15,18,20,27H,3-4,14,16-17,19,21H2,(H,33,35)/t27-/m0/s1. The molecule has 202 valence electrons. The predicted octanol–water partition coefficient (Wildman–Crippen LogP) is 4.86. The molecule has 5 rings (SSSR count). The maximum absolute atomic E-state index is 14.2. The monoisotopic (exact) mass is 547 g/mol. The van der Waals surface area contributed by atoms with Crippen molar-refractivity contribution in [3.8, 4) is 5.75 Å². The molecule has 39 heavy (non-hydrogen) atoms. The number of sulfonamides is 1. The highest BCUT2D eigenvalue weighted by molar-refractivity contribution is 7.89. The molecule has 1 aliphatic rings. The van der Waals surface area contributed by atoms with E-state index in [0.29, 0.717) is 47.2 Å². The summed E-state index contributed by atoms with van der Waals surface area (Å²) >= 11 is 0. The third-order valence-electron chi connectivity index (χ3n) is 6.87. The first-order chi connectivity index (χ1) is 18.9. The average molecular weight is 548 g/mol. The molecule has 0 saturated carbocycles. The summed E-state index contributed by atoms with van der Waals surface area (Å²) in [6.45, 7) is 0.762. The molecule has 1 fully saturated rings. The van der Waals surface area contributed by atoms with Crippen LogP contribution in [-0.2, 0) is 27.8 Å². The lowest BCUT2D eigenvalue weighted by molar-refractivity contribution is -0.124. The van der Waals surface area contributed by atoms with E-state index in [1.54, 1.807) is 54.7 Å². The molecule has 7 nitrogen and oxygen atoms in total. The molecule has 0 bridgehead atoms. The molecular formula is C30H30FN3O4S. The van der Waals surface area contributed by atoms with Crippen molar-refractivity contribution in [1.29, 1.82) is 0 Å². The predicted molar refractivity (Wildman–Crippen MR) is 147 cm³/mol. The van der Waals surface area contributed by atoms with Gasteiger partial charge in [-0.25, -0.2) is 12.8 Å². The lowest BCUT2D eigenvalue weighted by Gasteiger charge is -2.29. The van der Waals surface area contributed by atoms with Crippen LogP contribution in [0.1, 0.15) is 30.4 Å². The molecule has 1 aromatic heterocycles. The van der Waals surface area contributed by atoms with Crippen LogP contribution in [0.3, 0.4) is 0 Å². The molecule has 9 heteroatoms. The number of carbonyl (C=O) groups is 1. The van der Waals surface area contributed by atoms with E-state index in [1.165, 1.54) is 16.4 Å². The van der Waals surface area contributed by atoms with E-state index in [4.69, 9.17) is 4.74 Å². The number of para-hydroxylation sites is 1. The third kappa shape index (κ3) is 6.10. The fourth-order valence-electron chi connectivity index (χ4n) is 4.86. The summed E-state index contributed by atoms with van der Waals surface area (Å²) in [4.78, 5) is 17.5. The maximum Gasteiger partial charge on any atom is 0.246 e. The SMILES string of the molecule is O=C1NCCCC[C@@H]1N(Cc1cccc(OCCc2ccccc2F)c1)S(=O)(=O)c1cccc2cccnc12. The summed E-state index contributed by atoms with van der Waals surface area (Å²) in [6, 6.07) is 21.4. The Hall–Kier alpha value is -3.82. The van der Waals surface area contributed by atoms with Crippen molar-refractivity contribution in [1.82, 2.24) is 14.6 Å².